The maximum atomic E-state index is 13.2. The number of carbonyl (C=O) groups excluding carboxylic acids is 2. The van der Waals surface area contributed by atoms with Crippen LogP contribution >= 0.6 is 11.3 Å². The summed E-state index contributed by atoms with van der Waals surface area (Å²) in [5.41, 5.74) is 0. The number of hydrogen-bond acceptors (Lipinski definition) is 7. The van der Waals surface area contributed by atoms with Crippen LogP contribution in [0.25, 0.3) is 0 Å². The summed E-state index contributed by atoms with van der Waals surface area (Å²) in [5.74, 6) is 0.560. The second kappa shape index (κ2) is 9.70. The molecule has 4 rings (SSSR count). The molecule has 2 fully saturated rings. The predicted octanol–water partition coefficient (Wildman–Crippen LogP) is 1.90. The van der Waals surface area contributed by atoms with Gasteiger partial charge < -0.3 is 19.3 Å². The minimum absolute atomic E-state index is 0.111. The van der Waals surface area contributed by atoms with Gasteiger partial charge in [-0.3, -0.25) is 9.59 Å². The van der Waals surface area contributed by atoms with Gasteiger partial charge in [-0.1, -0.05) is 6.07 Å². The van der Waals surface area contributed by atoms with E-state index in [1.165, 1.54) is 42.0 Å². The fourth-order valence-electron chi connectivity index (χ4n) is 4.29. The number of methoxy groups -OCH3 is 2. The van der Waals surface area contributed by atoms with E-state index in [1.54, 1.807) is 21.9 Å². The van der Waals surface area contributed by atoms with Gasteiger partial charge in [-0.25, -0.2) is 8.42 Å². The SMILES string of the molecule is COc1ccc(S(=O)(=O)N2CCN(C(=O)[C@@H]3CCCN3C(=O)c3cccs3)CC2)cc1OC. The first-order valence-electron chi connectivity index (χ1n) is 10.7. The van der Waals surface area contributed by atoms with Crippen LogP contribution in [0.1, 0.15) is 22.5 Å². The average Bonchev–Trinajstić information content (AvgIpc) is 3.55. The first kappa shape index (κ1) is 23.5. The lowest BCUT2D eigenvalue weighted by atomic mass is 10.1. The predicted molar refractivity (Wildman–Crippen MR) is 123 cm³/mol. The Hall–Kier alpha value is -2.63. The Morgan fingerprint density at radius 3 is 2.36 bits per heavy atom. The van der Waals surface area contributed by atoms with Gasteiger partial charge in [-0.15, -0.1) is 11.3 Å². The normalized spacial score (nSPS) is 19.5. The topological polar surface area (TPSA) is 96.5 Å². The van der Waals surface area contributed by atoms with Crippen molar-refractivity contribution in [2.45, 2.75) is 23.8 Å². The molecule has 2 aromatic rings. The summed E-state index contributed by atoms with van der Waals surface area (Å²) < 4.78 is 38.1. The second-order valence-corrected chi connectivity index (χ2v) is 10.8. The number of thiophene rings is 1. The molecule has 0 aliphatic carbocycles. The molecule has 0 N–H and O–H groups in total. The number of likely N-dealkylation sites (tertiary alicyclic amines) is 1. The molecule has 33 heavy (non-hydrogen) atoms. The first-order chi connectivity index (χ1) is 15.9. The summed E-state index contributed by atoms with van der Waals surface area (Å²) in [6, 6.07) is 7.59. The monoisotopic (exact) mass is 493 g/mol. The molecule has 2 aliphatic heterocycles. The van der Waals surface area contributed by atoms with E-state index in [2.05, 4.69) is 0 Å². The zero-order chi connectivity index (χ0) is 23.6. The molecule has 11 heteroatoms. The molecule has 2 amide bonds. The van der Waals surface area contributed by atoms with Crippen LogP contribution in [0.3, 0.4) is 0 Å². The molecule has 0 unspecified atom stereocenters. The van der Waals surface area contributed by atoms with Gasteiger partial charge in [0.2, 0.25) is 15.9 Å². The van der Waals surface area contributed by atoms with E-state index >= 15 is 0 Å². The van der Waals surface area contributed by atoms with Crippen molar-refractivity contribution in [1.29, 1.82) is 0 Å². The van der Waals surface area contributed by atoms with Crippen LogP contribution in [-0.2, 0) is 14.8 Å². The van der Waals surface area contributed by atoms with Crippen molar-refractivity contribution in [2.24, 2.45) is 0 Å². The fourth-order valence-corrected chi connectivity index (χ4v) is 6.41. The van der Waals surface area contributed by atoms with E-state index < -0.39 is 16.1 Å². The number of carbonyl (C=O) groups is 2. The minimum Gasteiger partial charge on any atom is -0.493 e. The number of benzene rings is 1. The summed E-state index contributed by atoms with van der Waals surface area (Å²) >= 11 is 1.37. The molecule has 178 valence electrons. The Morgan fingerprint density at radius 2 is 1.73 bits per heavy atom. The van der Waals surface area contributed by atoms with Gasteiger partial charge in [0, 0.05) is 38.8 Å². The van der Waals surface area contributed by atoms with Crippen molar-refractivity contribution in [1.82, 2.24) is 14.1 Å². The van der Waals surface area contributed by atoms with Crippen molar-refractivity contribution in [3.8, 4) is 11.5 Å². The minimum atomic E-state index is -3.74. The van der Waals surface area contributed by atoms with Gasteiger partial charge in [0.15, 0.2) is 11.5 Å². The highest BCUT2D eigenvalue weighted by Gasteiger charge is 2.39. The van der Waals surface area contributed by atoms with Crippen molar-refractivity contribution in [3.63, 3.8) is 0 Å². The van der Waals surface area contributed by atoms with E-state index in [0.717, 1.165) is 6.42 Å². The van der Waals surface area contributed by atoms with Crippen molar-refractivity contribution in [2.75, 3.05) is 46.9 Å². The van der Waals surface area contributed by atoms with Gasteiger partial charge in [0.05, 0.1) is 24.0 Å². The lowest BCUT2D eigenvalue weighted by Gasteiger charge is -2.36. The highest BCUT2D eigenvalue weighted by atomic mass is 32.2. The number of hydrogen-bond donors (Lipinski definition) is 0. The Labute approximate surface area is 197 Å². The summed E-state index contributed by atoms with van der Waals surface area (Å²) in [5, 5.41) is 1.85. The van der Waals surface area contributed by atoms with E-state index in [0.29, 0.717) is 29.3 Å². The number of nitrogens with zero attached hydrogens (tertiary/aromatic N) is 3. The molecule has 9 nitrogen and oxygen atoms in total. The molecule has 1 aromatic carbocycles. The number of rotatable bonds is 6. The lowest BCUT2D eigenvalue weighted by molar-refractivity contribution is -0.136. The quantitative estimate of drug-likeness (QED) is 0.610. The van der Waals surface area contributed by atoms with Crippen molar-refractivity contribution >= 4 is 33.2 Å². The van der Waals surface area contributed by atoms with Crippen LogP contribution in [0.2, 0.25) is 0 Å². The zero-order valence-corrected chi connectivity index (χ0v) is 20.2. The van der Waals surface area contributed by atoms with E-state index in [-0.39, 0.29) is 42.9 Å². The Bertz CT molecular complexity index is 1110. The molecule has 2 saturated heterocycles. The Morgan fingerprint density at radius 1 is 1.00 bits per heavy atom. The highest BCUT2D eigenvalue weighted by Crippen LogP contribution is 2.31. The number of sulfonamides is 1. The molecule has 2 aliphatic rings. The molecule has 0 bridgehead atoms. The molecule has 0 spiro atoms. The first-order valence-corrected chi connectivity index (χ1v) is 13.0. The van der Waals surface area contributed by atoms with Gasteiger partial charge in [-0.2, -0.15) is 4.31 Å². The second-order valence-electron chi connectivity index (χ2n) is 7.88. The summed E-state index contributed by atoms with van der Waals surface area (Å²) in [7, 11) is -0.805. The van der Waals surface area contributed by atoms with Crippen molar-refractivity contribution in [3.05, 3.63) is 40.6 Å². The van der Waals surface area contributed by atoms with Gasteiger partial charge >= 0.3 is 0 Å². The van der Waals surface area contributed by atoms with Crippen LogP contribution in [0.15, 0.2) is 40.6 Å². The number of ether oxygens (including phenoxy) is 2. The number of piperazine rings is 1. The molecular formula is C22H27N3O6S2. The van der Waals surface area contributed by atoms with Crippen LogP contribution in [0.5, 0.6) is 11.5 Å². The third-order valence-electron chi connectivity index (χ3n) is 6.07. The van der Waals surface area contributed by atoms with Gasteiger partial charge in [0.1, 0.15) is 6.04 Å². The van der Waals surface area contributed by atoms with E-state index in [1.807, 2.05) is 11.4 Å². The molecular weight excluding hydrogens is 466 g/mol. The summed E-state index contributed by atoms with van der Waals surface area (Å²) in [6.45, 7) is 1.49. The molecule has 1 aromatic heterocycles. The van der Waals surface area contributed by atoms with Crippen LogP contribution < -0.4 is 9.47 Å². The number of amides is 2. The van der Waals surface area contributed by atoms with Gasteiger partial charge in [0.25, 0.3) is 5.91 Å². The fraction of sp³-hybridized carbons (Fsp3) is 0.455. The third-order valence-corrected chi connectivity index (χ3v) is 8.83. The largest absolute Gasteiger partial charge is 0.493 e. The molecule has 3 heterocycles. The molecule has 0 saturated carbocycles. The average molecular weight is 494 g/mol. The lowest BCUT2D eigenvalue weighted by Crippen LogP contribution is -2.55. The Kier molecular flexibility index (Phi) is 6.91. The van der Waals surface area contributed by atoms with E-state index in [4.69, 9.17) is 9.47 Å². The smallest absolute Gasteiger partial charge is 0.264 e. The highest BCUT2D eigenvalue weighted by molar-refractivity contribution is 7.89. The molecule has 1 atom stereocenters. The molecule has 0 radical (unpaired) electrons. The Balaban J connectivity index is 1.42. The van der Waals surface area contributed by atoms with Crippen LogP contribution in [-0.4, -0.2) is 87.3 Å². The summed E-state index contributed by atoms with van der Waals surface area (Å²) in [6.07, 6.45) is 1.40. The van der Waals surface area contributed by atoms with Crippen LogP contribution in [0.4, 0.5) is 0 Å². The van der Waals surface area contributed by atoms with E-state index in [9.17, 15) is 18.0 Å². The summed E-state index contributed by atoms with van der Waals surface area (Å²) in [4.78, 5) is 30.1. The maximum Gasteiger partial charge on any atom is 0.264 e. The third kappa shape index (κ3) is 4.57. The van der Waals surface area contributed by atoms with Crippen LogP contribution in [0, 0.1) is 0 Å². The maximum absolute atomic E-state index is 13.2. The van der Waals surface area contributed by atoms with Crippen molar-refractivity contribution < 1.29 is 27.5 Å². The standard InChI is InChI=1S/C22H27N3O6S2/c1-30-18-8-7-16(15-19(18)31-2)33(28,29)24-12-10-23(11-13-24)21(26)17-5-3-9-25(17)22(27)20-6-4-14-32-20/h4,6-8,14-15,17H,3,5,9-13H2,1-2H3/t17-/m0/s1. The zero-order valence-electron chi connectivity index (χ0n) is 18.6. The van der Waals surface area contributed by atoms with Gasteiger partial charge in [-0.05, 0) is 36.4 Å².